The lowest BCUT2D eigenvalue weighted by atomic mass is 9.89. The Bertz CT molecular complexity index is 871. The van der Waals surface area contributed by atoms with Crippen LogP contribution < -0.4 is 5.73 Å². The van der Waals surface area contributed by atoms with Crippen LogP contribution in [-0.2, 0) is 11.3 Å². The Kier molecular flexibility index (Phi) is 6.86. The highest BCUT2D eigenvalue weighted by atomic mass is 16.2. The maximum absolute atomic E-state index is 13.0. The molecule has 164 valence electrons. The minimum absolute atomic E-state index is 0.127. The molecule has 0 aliphatic carbocycles. The van der Waals surface area contributed by atoms with Crippen LogP contribution in [0, 0.1) is 17.2 Å². The van der Waals surface area contributed by atoms with Gasteiger partial charge in [-0.3, -0.25) is 14.7 Å². The van der Waals surface area contributed by atoms with Gasteiger partial charge in [0, 0.05) is 49.7 Å². The smallest absolute Gasteiger partial charge is 0.225 e. The topological polar surface area (TPSA) is 112 Å². The molecule has 2 aromatic rings. The van der Waals surface area contributed by atoms with E-state index in [1.165, 1.54) is 0 Å². The monoisotopic (exact) mass is 421 g/mol. The number of hydrogen-bond donors (Lipinski definition) is 2. The van der Waals surface area contributed by atoms with E-state index in [1.54, 1.807) is 18.6 Å². The number of amides is 1. The second kappa shape index (κ2) is 9.96. The summed E-state index contributed by atoms with van der Waals surface area (Å²) in [6.45, 7) is 4.25. The van der Waals surface area contributed by atoms with Crippen molar-refractivity contribution >= 4 is 17.6 Å². The number of pyridine rings is 1. The van der Waals surface area contributed by atoms with Gasteiger partial charge in [0.15, 0.2) is 0 Å². The molecular formula is C23H31N7O. The van der Waals surface area contributed by atoms with Gasteiger partial charge in [-0.1, -0.05) is 6.07 Å². The van der Waals surface area contributed by atoms with Gasteiger partial charge in [0.05, 0.1) is 11.4 Å². The Balaban J connectivity index is 1.19. The minimum atomic E-state index is 0.127. The Morgan fingerprint density at radius 1 is 1.03 bits per heavy atom. The number of carbonyl (C=O) groups excluding carboxylic acids is 1. The second-order valence-electron chi connectivity index (χ2n) is 8.67. The number of rotatable bonds is 6. The number of hydrogen-bond acceptors (Lipinski definition) is 7. The van der Waals surface area contributed by atoms with Gasteiger partial charge in [-0.2, -0.15) is 0 Å². The predicted octanol–water partition coefficient (Wildman–Crippen LogP) is 2.36. The molecule has 2 aliphatic rings. The van der Waals surface area contributed by atoms with E-state index in [-0.39, 0.29) is 5.92 Å². The Morgan fingerprint density at radius 3 is 2.39 bits per heavy atom. The first-order chi connectivity index (χ1) is 15.1. The van der Waals surface area contributed by atoms with Crippen LogP contribution in [0.2, 0.25) is 0 Å². The number of nitrogens with zero attached hydrogens (tertiary/aromatic N) is 5. The Morgan fingerprint density at radius 2 is 1.74 bits per heavy atom. The highest BCUT2D eigenvalue weighted by Crippen LogP contribution is 2.26. The van der Waals surface area contributed by atoms with Crippen LogP contribution in [0.25, 0.3) is 0 Å². The molecule has 0 spiro atoms. The number of nitrogens with one attached hydrogen (secondary N) is 1. The normalized spacial score (nSPS) is 18.8. The van der Waals surface area contributed by atoms with Crippen LogP contribution in [0.4, 0.5) is 5.95 Å². The number of nitrogens with two attached hydrogens (primary N) is 1. The minimum Gasteiger partial charge on any atom is -0.368 e. The summed E-state index contributed by atoms with van der Waals surface area (Å²) in [6, 6.07) is 5.69. The predicted molar refractivity (Wildman–Crippen MR) is 119 cm³/mol. The van der Waals surface area contributed by atoms with Gasteiger partial charge >= 0.3 is 0 Å². The van der Waals surface area contributed by atoms with Gasteiger partial charge in [-0.15, -0.1) is 0 Å². The zero-order chi connectivity index (χ0) is 21.6. The zero-order valence-corrected chi connectivity index (χ0v) is 17.9. The molecule has 0 radical (unpaired) electrons. The van der Waals surface area contributed by atoms with Crippen molar-refractivity contribution in [1.82, 2.24) is 24.8 Å². The first kappa shape index (κ1) is 21.4. The number of anilines is 1. The summed E-state index contributed by atoms with van der Waals surface area (Å²) >= 11 is 0. The number of aromatic nitrogens is 3. The van der Waals surface area contributed by atoms with Crippen molar-refractivity contribution in [2.75, 3.05) is 31.9 Å². The van der Waals surface area contributed by atoms with Crippen LogP contribution in [0.5, 0.6) is 0 Å². The zero-order valence-electron chi connectivity index (χ0n) is 17.9. The fourth-order valence-electron chi connectivity index (χ4n) is 4.59. The average Bonchev–Trinajstić information content (AvgIpc) is 2.82. The first-order valence-electron chi connectivity index (χ1n) is 11.1. The van der Waals surface area contributed by atoms with Gasteiger partial charge in [-0.05, 0) is 63.2 Å². The van der Waals surface area contributed by atoms with E-state index in [0.29, 0.717) is 23.5 Å². The van der Waals surface area contributed by atoms with Crippen molar-refractivity contribution in [3.05, 3.63) is 48.0 Å². The second-order valence-corrected chi connectivity index (χ2v) is 8.67. The highest BCUT2D eigenvalue weighted by molar-refractivity contribution is 5.96. The van der Waals surface area contributed by atoms with Crippen LogP contribution in [0.3, 0.4) is 0 Å². The van der Waals surface area contributed by atoms with E-state index in [2.05, 4.69) is 24.8 Å². The van der Waals surface area contributed by atoms with Crippen molar-refractivity contribution in [1.29, 1.82) is 5.41 Å². The number of nitrogen functional groups attached to an aromatic ring is 1. The molecule has 0 unspecified atom stereocenters. The standard InChI is InChI=1S/C23H31N7O/c24-20(21-3-1-2-8-26-21)13-17-4-11-30(12-5-17)22(31)19-6-9-29(10-7-19)16-18-14-27-23(25)28-15-18/h1-3,8,14-15,17,19,24H,4-7,9-13,16H2,(H2,25,27,28). The third-order valence-electron chi connectivity index (χ3n) is 6.46. The summed E-state index contributed by atoms with van der Waals surface area (Å²) in [4.78, 5) is 29.8. The third kappa shape index (κ3) is 5.64. The maximum atomic E-state index is 13.0. The van der Waals surface area contributed by atoms with E-state index in [1.807, 2.05) is 18.2 Å². The van der Waals surface area contributed by atoms with Crippen molar-refractivity contribution in [3.63, 3.8) is 0 Å². The molecule has 0 bridgehead atoms. The summed E-state index contributed by atoms with van der Waals surface area (Å²) < 4.78 is 0. The number of likely N-dealkylation sites (tertiary alicyclic amines) is 2. The van der Waals surface area contributed by atoms with Gasteiger partial charge in [0.2, 0.25) is 11.9 Å². The van der Waals surface area contributed by atoms with Crippen molar-refractivity contribution in [3.8, 4) is 0 Å². The van der Waals surface area contributed by atoms with E-state index in [9.17, 15) is 4.79 Å². The van der Waals surface area contributed by atoms with E-state index in [4.69, 9.17) is 11.1 Å². The van der Waals surface area contributed by atoms with E-state index in [0.717, 1.165) is 76.1 Å². The third-order valence-corrected chi connectivity index (χ3v) is 6.46. The Hall–Kier alpha value is -2.87. The summed E-state index contributed by atoms with van der Waals surface area (Å²) in [7, 11) is 0. The number of piperidine rings is 2. The van der Waals surface area contributed by atoms with Crippen molar-refractivity contribution in [2.45, 2.75) is 38.6 Å². The summed E-state index contributed by atoms with van der Waals surface area (Å²) in [5, 5.41) is 8.31. The van der Waals surface area contributed by atoms with Gasteiger partial charge in [-0.25, -0.2) is 9.97 Å². The van der Waals surface area contributed by atoms with Crippen LogP contribution in [0.15, 0.2) is 36.8 Å². The molecule has 8 heteroatoms. The molecule has 8 nitrogen and oxygen atoms in total. The fourth-order valence-corrected chi connectivity index (χ4v) is 4.59. The van der Waals surface area contributed by atoms with Crippen LogP contribution in [-0.4, -0.2) is 62.5 Å². The fraction of sp³-hybridized carbons (Fsp3) is 0.522. The molecule has 2 saturated heterocycles. The van der Waals surface area contributed by atoms with E-state index >= 15 is 0 Å². The molecule has 1 amide bonds. The lowest BCUT2D eigenvalue weighted by Gasteiger charge is -2.37. The van der Waals surface area contributed by atoms with Crippen molar-refractivity contribution in [2.24, 2.45) is 11.8 Å². The number of carbonyl (C=O) groups is 1. The van der Waals surface area contributed by atoms with Crippen LogP contribution >= 0.6 is 0 Å². The van der Waals surface area contributed by atoms with Gasteiger partial charge in [0.1, 0.15) is 0 Å². The molecule has 4 rings (SSSR count). The summed E-state index contributed by atoms with van der Waals surface area (Å²) in [5.74, 6) is 1.20. The molecule has 2 aromatic heterocycles. The molecule has 0 atom stereocenters. The molecule has 0 aromatic carbocycles. The van der Waals surface area contributed by atoms with Crippen LogP contribution in [0.1, 0.15) is 43.4 Å². The van der Waals surface area contributed by atoms with Gasteiger partial charge in [0.25, 0.3) is 0 Å². The summed E-state index contributed by atoms with van der Waals surface area (Å²) in [6.07, 6.45) is 9.77. The quantitative estimate of drug-likeness (QED) is 0.693. The van der Waals surface area contributed by atoms with Gasteiger partial charge < -0.3 is 16.0 Å². The molecule has 2 fully saturated rings. The lowest BCUT2D eigenvalue weighted by Crippen LogP contribution is -2.45. The Labute approximate surface area is 183 Å². The molecular weight excluding hydrogens is 390 g/mol. The molecule has 0 saturated carbocycles. The first-order valence-corrected chi connectivity index (χ1v) is 11.1. The lowest BCUT2D eigenvalue weighted by molar-refractivity contribution is -0.138. The SMILES string of the molecule is N=C(CC1CCN(C(=O)C2CCN(Cc3cnc(N)nc3)CC2)CC1)c1ccccn1. The van der Waals surface area contributed by atoms with E-state index < -0.39 is 0 Å². The largest absolute Gasteiger partial charge is 0.368 e. The molecule has 31 heavy (non-hydrogen) atoms. The van der Waals surface area contributed by atoms with Crippen molar-refractivity contribution < 1.29 is 4.79 Å². The average molecular weight is 422 g/mol. The molecule has 2 aliphatic heterocycles. The molecule has 3 N–H and O–H groups in total. The molecule has 4 heterocycles. The summed E-state index contributed by atoms with van der Waals surface area (Å²) in [5.41, 5.74) is 7.97. The highest BCUT2D eigenvalue weighted by Gasteiger charge is 2.31. The maximum Gasteiger partial charge on any atom is 0.225 e.